The van der Waals surface area contributed by atoms with E-state index in [1.165, 1.54) is 0 Å². The van der Waals surface area contributed by atoms with Crippen LogP contribution < -0.4 is 11.1 Å². The molecular formula is C17H25N3O3. The number of amides is 2. The molecule has 0 aliphatic carbocycles. The third kappa shape index (κ3) is 4.53. The SMILES string of the molecule is CCN(Cc1cccc(NC(=O)C2(N)CCOCC2)c1)C(C)=O. The largest absolute Gasteiger partial charge is 0.381 e. The van der Waals surface area contributed by atoms with Crippen molar-refractivity contribution in [2.75, 3.05) is 25.1 Å². The van der Waals surface area contributed by atoms with Crippen LogP contribution in [0.3, 0.4) is 0 Å². The molecule has 1 aliphatic rings. The molecule has 23 heavy (non-hydrogen) atoms. The minimum atomic E-state index is -0.872. The van der Waals surface area contributed by atoms with Gasteiger partial charge in [0.15, 0.2) is 0 Å². The topological polar surface area (TPSA) is 84.7 Å². The highest BCUT2D eigenvalue weighted by Gasteiger charge is 2.35. The van der Waals surface area contributed by atoms with E-state index in [2.05, 4.69) is 5.32 Å². The average Bonchev–Trinajstić information content (AvgIpc) is 2.53. The molecular weight excluding hydrogens is 294 g/mol. The Balaban J connectivity index is 2.04. The minimum Gasteiger partial charge on any atom is -0.381 e. The van der Waals surface area contributed by atoms with Gasteiger partial charge in [-0.05, 0) is 37.5 Å². The Bertz CT molecular complexity index is 568. The number of hydrogen-bond donors (Lipinski definition) is 2. The molecule has 6 nitrogen and oxygen atoms in total. The van der Waals surface area contributed by atoms with Gasteiger partial charge < -0.3 is 20.7 Å². The van der Waals surface area contributed by atoms with E-state index in [9.17, 15) is 9.59 Å². The minimum absolute atomic E-state index is 0.0325. The lowest BCUT2D eigenvalue weighted by atomic mass is 9.90. The second-order valence-corrected chi connectivity index (χ2v) is 5.96. The van der Waals surface area contributed by atoms with E-state index < -0.39 is 5.54 Å². The Kier molecular flexibility index (Phi) is 5.74. The van der Waals surface area contributed by atoms with E-state index in [-0.39, 0.29) is 11.8 Å². The van der Waals surface area contributed by atoms with E-state index in [1.54, 1.807) is 11.8 Å². The van der Waals surface area contributed by atoms with Crippen LogP contribution in [0, 0.1) is 0 Å². The zero-order valence-corrected chi connectivity index (χ0v) is 13.8. The Morgan fingerprint density at radius 1 is 1.35 bits per heavy atom. The number of anilines is 1. The number of nitrogens with two attached hydrogens (primary N) is 1. The van der Waals surface area contributed by atoms with Gasteiger partial charge in [-0.3, -0.25) is 9.59 Å². The first-order valence-electron chi connectivity index (χ1n) is 7.97. The van der Waals surface area contributed by atoms with Gasteiger partial charge in [-0.1, -0.05) is 12.1 Å². The Labute approximate surface area is 137 Å². The van der Waals surface area contributed by atoms with Crippen molar-refractivity contribution < 1.29 is 14.3 Å². The molecule has 6 heteroatoms. The fourth-order valence-corrected chi connectivity index (χ4v) is 2.63. The second kappa shape index (κ2) is 7.57. The maximum atomic E-state index is 12.4. The summed E-state index contributed by atoms with van der Waals surface area (Å²) in [4.78, 5) is 25.7. The summed E-state index contributed by atoms with van der Waals surface area (Å²) in [7, 11) is 0. The summed E-state index contributed by atoms with van der Waals surface area (Å²) in [5.74, 6) is -0.151. The van der Waals surface area contributed by atoms with Gasteiger partial charge in [-0.15, -0.1) is 0 Å². The molecule has 1 heterocycles. The van der Waals surface area contributed by atoms with Gasteiger partial charge in [0.2, 0.25) is 11.8 Å². The molecule has 2 amide bonds. The summed E-state index contributed by atoms with van der Waals surface area (Å²) < 4.78 is 5.27. The standard InChI is InChI=1S/C17H25N3O3/c1-3-20(13(2)21)12-14-5-4-6-15(11-14)19-16(22)17(18)7-9-23-10-8-17/h4-6,11H,3,7-10,12,18H2,1-2H3,(H,19,22). The second-order valence-electron chi connectivity index (χ2n) is 5.96. The fraction of sp³-hybridized carbons (Fsp3) is 0.529. The molecule has 1 aliphatic heterocycles. The molecule has 0 bridgehead atoms. The Morgan fingerprint density at radius 2 is 2.04 bits per heavy atom. The molecule has 0 unspecified atom stereocenters. The van der Waals surface area contributed by atoms with Crippen LogP contribution in [0.4, 0.5) is 5.69 Å². The quantitative estimate of drug-likeness (QED) is 0.861. The van der Waals surface area contributed by atoms with Gasteiger partial charge in [0, 0.05) is 38.9 Å². The predicted octanol–water partition coefficient (Wildman–Crippen LogP) is 1.50. The third-order valence-corrected chi connectivity index (χ3v) is 4.22. The molecule has 0 atom stereocenters. The summed E-state index contributed by atoms with van der Waals surface area (Å²) in [5, 5.41) is 2.89. The highest BCUT2D eigenvalue weighted by molar-refractivity contribution is 5.98. The maximum Gasteiger partial charge on any atom is 0.244 e. The van der Waals surface area contributed by atoms with E-state index in [4.69, 9.17) is 10.5 Å². The number of rotatable bonds is 5. The molecule has 1 saturated heterocycles. The lowest BCUT2D eigenvalue weighted by molar-refractivity contribution is -0.129. The van der Waals surface area contributed by atoms with Crippen LogP contribution in [0.2, 0.25) is 0 Å². The number of benzene rings is 1. The van der Waals surface area contributed by atoms with Crippen molar-refractivity contribution in [3.8, 4) is 0 Å². The third-order valence-electron chi connectivity index (χ3n) is 4.22. The predicted molar refractivity (Wildman–Crippen MR) is 88.8 cm³/mol. The molecule has 1 fully saturated rings. The maximum absolute atomic E-state index is 12.4. The van der Waals surface area contributed by atoms with Gasteiger partial charge in [0.1, 0.15) is 5.54 Å². The van der Waals surface area contributed by atoms with Crippen molar-refractivity contribution >= 4 is 17.5 Å². The molecule has 2 rings (SSSR count). The van der Waals surface area contributed by atoms with Gasteiger partial charge in [0.25, 0.3) is 0 Å². The van der Waals surface area contributed by atoms with Crippen molar-refractivity contribution in [2.45, 2.75) is 38.8 Å². The summed E-state index contributed by atoms with van der Waals surface area (Å²) in [5.41, 5.74) is 6.98. The molecule has 0 spiro atoms. The zero-order valence-electron chi connectivity index (χ0n) is 13.8. The normalized spacial score (nSPS) is 16.7. The fourth-order valence-electron chi connectivity index (χ4n) is 2.63. The highest BCUT2D eigenvalue weighted by atomic mass is 16.5. The number of nitrogens with zero attached hydrogens (tertiary/aromatic N) is 1. The lowest BCUT2D eigenvalue weighted by Crippen LogP contribution is -2.54. The lowest BCUT2D eigenvalue weighted by Gasteiger charge is -2.31. The molecule has 126 valence electrons. The Hall–Kier alpha value is -1.92. The van der Waals surface area contributed by atoms with Gasteiger partial charge in [-0.25, -0.2) is 0 Å². The smallest absolute Gasteiger partial charge is 0.244 e. The average molecular weight is 319 g/mol. The van der Waals surface area contributed by atoms with Crippen molar-refractivity contribution in [3.63, 3.8) is 0 Å². The number of carbonyl (C=O) groups is 2. The molecule has 1 aromatic carbocycles. The number of hydrogen-bond acceptors (Lipinski definition) is 4. The van der Waals surface area contributed by atoms with Crippen LogP contribution in [0.1, 0.15) is 32.3 Å². The van der Waals surface area contributed by atoms with Crippen molar-refractivity contribution in [3.05, 3.63) is 29.8 Å². The zero-order chi connectivity index (χ0) is 16.9. The van der Waals surface area contributed by atoms with Gasteiger partial charge in [-0.2, -0.15) is 0 Å². The molecule has 0 radical (unpaired) electrons. The molecule has 3 N–H and O–H groups in total. The van der Waals surface area contributed by atoms with Crippen LogP contribution in [0.25, 0.3) is 0 Å². The monoisotopic (exact) mass is 319 g/mol. The van der Waals surface area contributed by atoms with Crippen molar-refractivity contribution in [1.82, 2.24) is 4.90 Å². The van der Waals surface area contributed by atoms with Crippen molar-refractivity contribution in [1.29, 1.82) is 0 Å². The highest BCUT2D eigenvalue weighted by Crippen LogP contribution is 2.21. The van der Waals surface area contributed by atoms with Gasteiger partial charge in [0.05, 0.1) is 0 Å². The molecule has 0 saturated carbocycles. The number of carbonyl (C=O) groups excluding carboxylic acids is 2. The van der Waals surface area contributed by atoms with Gasteiger partial charge >= 0.3 is 0 Å². The van der Waals surface area contributed by atoms with Crippen LogP contribution in [-0.2, 0) is 20.9 Å². The number of ether oxygens (including phenoxy) is 1. The summed E-state index contributed by atoms with van der Waals surface area (Å²) in [6.45, 7) is 5.69. The first kappa shape index (κ1) is 17.4. The van der Waals surface area contributed by atoms with Crippen LogP contribution >= 0.6 is 0 Å². The summed E-state index contributed by atoms with van der Waals surface area (Å²) in [6, 6.07) is 7.51. The summed E-state index contributed by atoms with van der Waals surface area (Å²) in [6.07, 6.45) is 1.04. The van der Waals surface area contributed by atoms with Crippen LogP contribution in [0.5, 0.6) is 0 Å². The van der Waals surface area contributed by atoms with E-state index in [0.717, 1.165) is 5.56 Å². The van der Waals surface area contributed by atoms with Crippen LogP contribution in [-0.4, -0.2) is 42.0 Å². The molecule has 1 aromatic rings. The molecule has 0 aromatic heterocycles. The number of nitrogens with one attached hydrogen (secondary N) is 1. The summed E-state index contributed by atoms with van der Waals surface area (Å²) >= 11 is 0. The van der Waals surface area contributed by atoms with E-state index in [0.29, 0.717) is 44.8 Å². The van der Waals surface area contributed by atoms with E-state index >= 15 is 0 Å². The van der Waals surface area contributed by atoms with Crippen molar-refractivity contribution in [2.24, 2.45) is 5.73 Å². The van der Waals surface area contributed by atoms with E-state index in [1.807, 2.05) is 31.2 Å². The first-order chi connectivity index (χ1) is 10.9. The Morgan fingerprint density at radius 3 is 2.65 bits per heavy atom. The first-order valence-corrected chi connectivity index (χ1v) is 7.97. The van der Waals surface area contributed by atoms with Crippen LogP contribution in [0.15, 0.2) is 24.3 Å².